The summed E-state index contributed by atoms with van der Waals surface area (Å²) < 4.78 is 5.02. The Morgan fingerprint density at radius 1 is 1.21 bits per heavy atom. The molecule has 106 valence electrons. The van der Waals surface area contributed by atoms with Gasteiger partial charge in [-0.15, -0.1) is 0 Å². The van der Waals surface area contributed by atoms with E-state index < -0.39 is 0 Å². The average molecular weight is 263 g/mol. The number of benzene rings is 1. The minimum Gasteiger partial charge on any atom is -0.375 e. The van der Waals surface area contributed by atoms with Crippen LogP contribution in [0.3, 0.4) is 0 Å². The standard InChI is InChI=1S/C16H25NO2/c1-11(2)14(5)17(15(18)10-19-6)16-12(3)8-7-9-13(16)4/h7-9,11,14H,10H2,1-6H3. The fourth-order valence-electron chi connectivity index (χ4n) is 2.23. The Morgan fingerprint density at radius 2 is 1.74 bits per heavy atom. The van der Waals surface area contributed by atoms with Crippen molar-refractivity contribution >= 4 is 11.6 Å². The molecule has 0 aromatic heterocycles. The van der Waals surface area contributed by atoms with Crippen LogP contribution in [0.25, 0.3) is 0 Å². The zero-order valence-corrected chi connectivity index (χ0v) is 12.9. The smallest absolute Gasteiger partial charge is 0.253 e. The highest BCUT2D eigenvalue weighted by Crippen LogP contribution is 2.28. The Bertz CT molecular complexity index is 420. The number of carbonyl (C=O) groups excluding carboxylic acids is 1. The lowest BCUT2D eigenvalue weighted by Crippen LogP contribution is -2.44. The Labute approximate surface area is 116 Å². The van der Waals surface area contributed by atoms with Gasteiger partial charge in [0.25, 0.3) is 5.91 Å². The second-order valence-corrected chi connectivity index (χ2v) is 5.42. The highest BCUT2D eigenvalue weighted by Gasteiger charge is 2.26. The van der Waals surface area contributed by atoms with Crippen molar-refractivity contribution in [2.75, 3.05) is 18.6 Å². The first-order valence-corrected chi connectivity index (χ1v) is 6.77. The van der Waals surface area contributed by atoms with Gasteiger partial charge in [-0.3, -0.25) is 4.79 Å². The Balaban J connectivity index is 3.27. The van der Waals surface area contributed by atoms with Gasteiger partial charge < -0.3 is 9.64 Å². The maximum Gasteiger partial charge on any atom is 0.253 e. The third kappa shape index (κ3) is 3.57. The minimum absolute atomic E-state index is 0.0149. The molecule has 3 heteroatoms. The summed E-state index contributed by atoms with van der Waals surface area (Å²) in [6.45, 7) is 10.6. The number of hydrogen-bond donors (Lipinski definition) is 0. The van der Waals surface area contributed by atoms with E-state index in [0.29, 0.717) is 5.92 Å². The van der Waals surface area contributed by atoms with E-state index in [-0.39, 0.29) is 18.6 Å². The second kappa shape index (κ2) is 6.71. The molecule has 0 saturated carbocycles. The van der Waals surface area contributed by atoms with Crippen molar-refractivity contribution in [2.24, 2.45) is 5.92 Å². The van der Waals surface area contributed by atoms with E-state index in [4.69, 9.17) is 4.74 Å². The summed E-state index contributed by atoms with van der Waals surface area (Å²) in [4.78, 5) is 14.3. The van der Waals surface area contributed by atoms with Crippen LogP contribution >= 0.6 is 0 Å². The highest BCUT2D eigenvalue weighted by atomic mass is 16.5. The number of nitrogens with zero attached hydrogens (tertiary/aromatic N) is 1. The number of anilines is 1. The number of amides is 1. The lowest BCUT2D eigenvalue weighted by molar-refractivity contribution is -0.122. The van der Waals surface area contributed by atoms with Crippen molar-refractivity contribution in [3.8, 4) is 0 Å². The van der Waals surface area contributed by atoms with Crippen molar-refractivity contribution in [2.45, 2.75) is 40.7 Å². The van der Waals surface area contributed by atoms with Gasteiger partial charge in [0.05, 0.1) is 0 Å². The average Bonchev–Trinajstić information content (AvgIpc) is 2.33. The quantitative estimate of drug-likeness (QED) is 0.815. The van der Waals surface area contributed by atoms with E-state index in [1.54, 1.807) is 7.11 Å². The molecule has 0 radical (unpaired) electrons. The molecule has 0 heterocycles. The molecule has 1 atom stereocenters. The monoisotopic (exact) mass is 263 g/mol. The summed E-state index contributed by atoms with van der Waals surface area (Å²) in [5, 5.41) is 0. The van der Waals surface area contributed by atoms with Crippen molar-refractivity contribution in [1.29, 1.82) is 0 Å². The van der Waals surface area contributed by atoms with Crippen molar-refractivity contribution in [1.82, 2.24) is 0 Å². The topological polar surface area (TPSA) is 29.5 Å². The summed E-state index contributed by atoms with van der Waals surface area (Å²) in [6, 6.07) is 6.25. The van der Waals surface area contributed by atoms with Gasteiger partial charge in [0, 0.05) is 18.8 Å². The first-order valence-electron chi connectivity index (χ1n) is 6.77. The molecule has 1 unspecified atom stereocenters. The van der Waals surface area contributed by atoms with Crippen LogP contribution in [0.4, 0.5) is 5.69 Å². The number of rotatable bonds is 5. The lowest BCUT2D eigenvalue weighted by Gasteiger charge is -2.34. The fourth-order valence-corrected chi connectivity index (χ4v) is 2.23. The van der Waals surface area contributed by atoms with E-state index in [1.807, 2.05) is 36.9 Å². The molecular formula is C16H25NO2. The number of para-hydroxylation sites is 1. The number of carbonyl (C=O) groups is 1. The Kier molecular flexibility index (Phi) is 5.55. The number of aryl methyl sites for hydroxylation is 2. The molecule has 1 aromatic carbocycles. The van der Waals surface area contributed by atoms with E-state index in [2.05, 4.69) is 20.8 Å². The molecule has 0 aliphatic rings. The van der Waals surface area contributed by atoms with Gasteiger partial charge in [-0.2, -0.15) is 0 Å². The molecule has 0 aliphatic heterocycles. The number of ether oxygens (including phenoxy) is 1. The van der Waals surface area contributed by atoms with Crippen LogP contribution < -0.4 is 4.90 Å². The van der Waals surface area contributed by atoms with Gasteiger partial charge in [-0.25, -0.2) is 0 Å². The van der Waals surface area contributed by atoms with E-state index >= 15 is 0 Å². The molecule has 0 bridgehead atoms. The predicted molar refractivity (Wildman–Crippen MR) is 79.6 cm³/mol. The zero-order chi connectivity index (χ0) is 14.6. The van der Waals surface area contributed by atoms with Gasteiger partial charge in [0.15, 0.2) is 0 Å². The third-order valence-corrected chi connectivity index (χ3v) is 3.59. The van der Waals surface area contributed by atoms with Gasteiger partial charge in [0.2, 0.25) is 0 Å². The molecule has 0 spiro atoms. The molecule has 0 aliphatic carbocycles. The molecule has 1 aromatic rings. The number of methoxy groups -OCH3 is 1. The molecule has 3 nitrogen and oxygen atoms in total. The lowest BCUT2D eigenvalue weighted by atomic mass is 10.00. The molecule has 19 heavy (non-hydrogen) atoms. The summed E-state index contributed by atoms with van der Waals surface area (Å²) in [6.07, 6.45) is 0. The molecule has 1 rings (SSSR count). The van der Waals surface area contributed by atoms with Gasteiger partial charge in [-0.1, -0.05) is 32.0 Å². The summed E-state index contributed by atoms with van der Waals surface area (Å²) in [7, 11) is 1.56. The second-order valence-electron chi connectivity index (χ2n) is 5.42. The SMILES string of the molecule is COCC(=O)N(c1c(C)cccc1C)C(C)C(C)C. The molecule has 0 saturated heterocycles. The van der Waals surface area contributed by atoms with Crippen LogP contribution in [0.5, 0.6) is 0 Å². The minimum atomic E-state index is 0.0149. The Hall–Kier alpha value is -1.35. The molecule has 1 amide bonds. The normalized spacial score (nSPS) is 12.6. The first kappa shape index (κ1) is 15.7. The molecule has 0 fully saturated rings. The van der Waals surface area contributed by atoms with E-state index in [0.717, 1.165) is 16.8 Å². The van der Waals surface area contributed by atoms with E-state index in [1.165, 1.54) is 0 Å². The van der Waals surface area contributed by atoms with Gasteiger partial charge >= 0.3 is 0 Å². The summed E-state index contributed by atoms with van der Waals surface area (Å²) in [5.41, 5.74) is 3.26. The van der Waals surface area contributed by atoms with Crippen molar-refractivity contribution in [3.63, 3.8) is 0 Å². The van der Waals surface area contributed by atoms with Crippen molar-refractivity contribution in [3.05, 3.63) is 29.3 Å². The number of hydrogen-bond acceptors (Lipinski definition) is 2. The predicted octanol–water partition coefficient (Wildman–Crippen LogP) is 3.33. The van der Waals surface area contributed by atoms with Crippen LogP contribution in [0.2, 0.25) is 0 Å². The van der Waals surface area contributed by atoms with Gasteiger partial charge in [0.1, 0.15) is 6.61 Å². The summed E-state index contributed by atoms with van der Waals surface area (Å²) in [5.74, 6) is 0.404. The van der Waals surface area contributed by atoms with E-state index in [9.17, 15) is 4.79 Å². The van der Waals surface area contributed by atoms with Crippen LogP contribution in [0, 0.1) is 19.8 Å². The fraction of sp³-hybridized carbons (Fsp3) is 0.562. The Morgan fingerprint density at radius 3 is 2.16 bits per heavy atom. The third-order valence-electron chi connectivity index (χ3n) is 3.59. The maximum atomic E-state index is 12.4. The zero-order valence-electron chi connectivity index (χ0n) is 12.9. The van der Waals surface area contributed by atoms with Gasteiger partial charge in [-0.05, 0) is 37.8 Å². The largest absolute Gasteiger partial charge is 0.375 e. The van der Waals surface area contributed by atoms with Crippen LogP contribution in [0.15, 0.2) is 18.2 Å². The summed E-state index contributed by atoms with van der Waals surface area (Å²) >= 11 is 0. The first-order chi connectivity index (χ1) is 8.90. The molecular weight excluding hydrogens is 238 g/mol. The van der Waals surface area contributed by atoms with Crippen LogP contribution in [-0.2, 0) is 9.53 Å². The van der Waals surface area contributed by atoms with Crippen molar-refractivity contribution < 1.29 is 9.53 Å². The van der Waals surface area contributed by atoms with Crippen LogP contribution in [-0.4, -0.2) is 25.7 Å². The maximum absolute atomic E-state index is 12.4. The molecule has 0 N–H and O–H groups in total. The van der Waals surface area contributed by atoms with Crippen LogP contribution in [0.1, 0.15) is 31.9 Å². The highest BCUT2D eigenvalue weighted by molar-refractivity contribution is 5.96.